The van der Waals surface area contributed by atoms with Gasteiger partial charge in [-0.1, -0.05) is 0 Å². The smallest absolute Gasteiger partial charge is 0.176 e. The molecule has 10 heteroatoms. The van der Waals surface area contributed by atoms with Gasteiger partial charge < -0.3 is 51.7 Å². The van der Waals surface area contributed by atoms with Crippen molar-refractivity contribution in [2.45, 2.75) is 67.5 Å². The van der Waals surface area contributed by atoms with E-state index in [1.165, 1.54) is 14.2 Å². The maximum absolute atomic E-state index is 10.4. The van der Waals surface area contributed by atoms with Gasteiger partial charge in [-0.15, -0.1) is 0 Å². The quantitative estimate of drug-likeness (QED) is 0.324. The second-order valence-corrected chi connectivity index (χ2v) is 6.61. The highest BCUT2D eigenvalue weighted by molar-refractivity contribution is 5.01. The molecule has 0 bridgehead atoms. The number of ether oxygens (including phenoxy) is 5. The maximum atomic E-state index is 10.4. The zero-order valence-electron chi connectivity index (χ0n) is 15.0. The first kappa shape index (κ1) is 20.9. The summed E-state index contributed by atoms with van der Waals surface area (Å²) in [5, 5.41) is 10.4. The molecule has 1 saturated carbocycles. The molecule has 1 heterocycles. The van der Waals surface area contributed by atoms with Crippen LogP contribution in [-0.2, 0) is 23.7 Å². The molecule has 2 rings (SSSR count). The van der Waals surface area contributed by atoms with E-state index < -0.39 is 48.9 Å². The summed E-state index contributed by atoms with van der Waals surface area (Å²) in [6, 6.07) is -1.49. The van der Waals surface area contributed by atoms with Crippen LogP contribution in [0.3, 0.4) is 0 Å². The van der Waals surface area contributed by atoms with Crippen molar-refractivity contribution in [3.8, 4) is 0 Å². The summed E-state index contributed by atoms with van der Waals surface area (Å²) in [7, 11) is 4.57. The second-order valence-electron chi connectivity index (χ2n) is 6.61. The molecule has 10 atom stereocenters. The Morgan fingerprint density at radius 3 is 2.00 bits per heavy atom. The normalized spacial score (nSPS) is 48.5. The van der Waals surface area contributed by atoms with Crippen molar-refractivity contribution in [1.82, 2.24) is 0 Å². The number of hydrogen-bond acceptors (Lipinski definition) is 10. The van der Waals surface area contributed by atoms with Crippen LogP contribution in [0.15, 0.2) is 0 Å². The zero-order chi connectivity index (χ0) is 18.7. The van der Waals surface area contributed by atoms with E-state index in [4.69, 9.17) is 46.6 Å². The fraction of sp³-hybridized carbons (Fsp3) is 1.00. The lowest BCUT2D eigenvalue weighted by Crippen LogP contribution is -2.68. The molecule has 1 aliphatic carbocycles. The van der Waals surface area contributed by atoms with Crippen molar-refractivity contribution < 1.29 is 28.8 Å². The number of rotatable bonds is 6. The Morgan fingerprint density at radius 2 is 1.48 bits per heavy atom. The molecule has 2 aliphatic rings. The standard InChI is InChI=1S/C15H32N4O6/c1-21-11-6(17)4-7(18)12(14(11)23-3)25-15-9(19)10(20)13(22-2)8(5-16)24-15/h6-15,20H,4-5,16-19H2,1-3H3/t6-,7+,8-,9-,10-,11+,12-,13-,14-,15-/m1/s1. The van der Waals surface area contributed by atoms with E-state index in [2.05, 4.69) is 0 Å². The molecule has 0 aromatic rings. The van der Waals surface area contributed by atoms with Crippen LogP contribution in [-0.4, -0.2) is 94.0 Å². The number of methoxy groups -OCH3 is 3. The van der Waals surface area contributed by atoms with E-state index in [0.29, 0.717) is 6.42 Å². The molecular weight excluding hydrogens is 332 g/mol. The molecule has 148 valence electrons. The predicted molar refractivity (Wildman–Crippen MR) is 89.5 cm³/mol. The summed E-state index contributed by atoms with van der Waals surface area (Å²) >= 11 is 0. The lowest BCUT2D eigenvalue weighted by atomic mass is 9.84. The van der Waals surface area contributed by atoms with E-state index >= 15 is 0 Å². The van der Waals surface area contributed by atoms with Gasteiger partial charge in [-0.3, -0.25) is 0 Å². The summed E-state index contributed by atoms with van der Waals surface area (Å²) in [5.74, 6) is 0. The Morgan fingerprint density at radius 1 is 0.920 bits per heavy atom. The van der Waals surface area contributed by atoms with Gasteiger partial charge in [0.15, 0.2) is 6.29 Å². The van der Waals surface area contributed by atoms with E-state index in [-0.39, 0.29) is 18.7 Å². The topological polar surface area (TPSA) is 170 Å². The predicted octanol–water partition coefficient (Wildman–Crippen LogP) is -3.15. The molecule has 0 aromatic heterocycles. The van der Waals surface area contributed by atoms with Crippen molar-refractivity contribution >= 4 is 0 Å². The summed E-state index contributed by atoms with van der Waals surface area (Å²) in [5.41, 5.74) is 24.1. The van der Waals surface area contributed by atoms with Gasteiger partial charge in [0.05, 0.1) is 6.04 Å². The molecule has 0 unspecified atom stereocenters. The Hall–Kier alpha value is -0.400. The van der Waals surface area contributed by atoms with Gasteiger partial charge in [-0.05, 0) is 6.42 Å². The van der Waals surface area contributed by atoms with E-state index in [0.717, 1.165) is 0 Å². The molecule has 0 spiro atoms. The molecule has 0 aromatic carbocycles. The van der Waals surface area contributed by atoms with Crippen LogP contribution in [0.4, 0.5) is 0 Å². The van der Waals surface area contributed by atoms with Gasteiger partial charge in [-0.2, -0.15) is 0 Å². The van der Waals surface area contributed by atoms with Crippen molar-refractivity contribution in [2.75, 3.05) is 27.9 Å². The highest BCUT2D eigenvalue weighted by Gasteiger charge is 2.49. The minimum atomic E-state index is -0.987. The van der Waals surface area contributed by atoms with Crippen LogP contribution in [0.5, 0.6) is 0 Å². The van der Waals surface area contributed by atoms with Gasteiger partial charge in [0, 0.05) is 40.0 Å². The van der Waals surface area contributed by atoms with Gasteiger partial charge in [0.1, 0.15) is 36.6 Å². The van der Waals surface area contributed by atoms with Crippen molar-refractivity contribution in [1.29, 1.82) is 0 Å². The van der Waals surface area contributed by atoms with Gasteiger partial charge in [-0.25, -0.2) is 0 Å². The molecule has 0 radical (unpaired) electrons. The average Bonchev–Trinajstić information content (AvgIpc) is 2.60. The fourth-order valence-electron chi connectivity index (χ4n) is 3.71. The van der Waals surface area contributed by atoms with Crippen LogP contribution in [0.25, 0.3) is 0 Å². The van der Waals surface area contributed by atoms with Crippen LogP contribution < -0.4 is 22.9 Å². The maximum Gasteiger partial charge on any atom is 0.176 e. The van der Waals surface area contributed by atoms with E-state index in [9.17, 15) is 5.11 Å². The van der Waals surface area contributed by atoms with E-state index in [1.54, 1.807) is 7.11 Å². The van der Waals surface area contributed by atoms with Crippen LogP contribution in [0.2, 0.25) is 0 Å². The molecule has 9 N–H and O–H groups in total. The van der Waals surface area contributed by atoms with Gasteiger partial charge in [0.25, 0.3) is 0 Å². The highest BCUT2D eigenvalue weighted by Crippen LogP contribution is 2.29. The molecule has 25 heavy (non-hydrogen) atoms. The van der Waals surface area contributed by atoms with Crippen LogP contribution in [0.1, 0.15) is 6.42 Å². The molecule has 2 fully saturated rings. The van der Waals surface area contributed by atoms with Crippen molar-refractivity contribution in [2.24, 2.45) is 22.9 Å². The zero-order valence-corrected chi connectivity index (χ0v) is 15.0. The third-order valence-corrected chi connectivity index (χ3v) is 5.10. The number of nitrogens with two attached hydrogens (primary N) is 4. The summed E-state index contributed by atoms with van der Waals surface area (Å²) in [4.78, 5) is 0. The van der Waals surface area contributed by atoms with Crippen LogP contribution in [0, 0.1) is 0 Å². The largest absolute Gasteiger partial charge is 0.388 e. The SMILES string of the molecule is CO[C@@H]1[C@@H](OC)[C@H](N)C[C@H](N)[C@H]1O[C@H]1O[C@H](CN)[C@@H](OC)[C@H](O)[C@H]1N. The number of aliphatic hydroxyl groups excluding tert-OH is 1. The third-order valence-electron chi connectivity index (χ3n) is 5.10. The summed E-state index contributed by atoms with van der Waals surface area (Å²) < 4.78 is 28.1. The third kappa shape index (κ3) is 4.14. The monoisotopic (exact) mass is 364 g/mol. The lowest BCUT2D eigenvalue weighted by molar-refractivity contribution is -0.293. The minimum Gasteiger partial charge on any atom is -0.388 e. The number of hydrogen-bond donors (Lipinski definition) is 5. The first-order valence-corrected chi connectivity index (χ1v) is 8.43. The first-order chi connectivity index (χ1) is 11.9. The Labute approximate surface area is 148 Å². The number of aliphatic hydroxyl groups is 1. The van der Waals surface area contributed by atoms with Crippen molar-refractivity contribution in [3.05, 3.63) is 0 Å². The molecule has 0 amide bonds. The second kappa shape index (κ2) is 9.00. The van der Waals surface area contributed by atoms with Gasteiger partial charge >= 0.3 is 0 Å². The first-order valence-electron chi connectivity index (χ1n) is 8.43. The minimum absolute atomic E-state index is 0.151. The average molecular weight is 364 g/mol. The Balaban J connectivity index is 2.15. The lowest BCUT2D eigenvalue weighted by Gasteiger charge is -2.47. The molecular formula is C15H32N4O6. The fourth-order valence-corrected chi connectivity index (χ4v) is 3.71. The Kier molecular flexibility index (Phi) is 7.52. The Bertz CT molecular complexity index is 417. The molecule has 10 nitrogen and oxygen atoms in total. The highest BCUT2D eigenvalue weighted by atomic mass is 16.7. The van der Waals surface area contributed by atoms with E-state index in [1.807, 2.05) is 0 Å². The summed E-state index contributed by atoms with van der Waals surface area (Å²) in [6.07, 6.45) is -4.01. The van der Waals surface area contributed by atoms with Crippen molar-refractivity contribution in [3.63, 3.8) is 0 Å². The molecule has 1 aliphatic heterocycles. The molecule has 1 saturated heterocycles. The van der Waals surface area contributed by atoms with Crippen LogP contribution >= 0.6 is 0 Å². The van der Waals surface area contributed by atoms with Gasteiger partial charge in [0.2, 0.25) is 0 Å². The summed E-state index contributed by atoms with van der Waals surface area (Å²) in [6.45, 7) is 0.151.